The summed E-state index contributed by atoms with van der Waals surface area (Å²) in [6.45, 7) is 0. The van der Waals surface area contributed by atoms with Crippen molar-refractivity contribution in [1.29, 1.82) is 0 Å². The second kappa shape index (κ2) is 5.18. The Kier molecular flexibility index (Phi) is 3.62. The van der Waals surface area contributed by atoms with Gasteiger partial charge in [-0.25, -0.2) is 4.79 Å². The summed E-state index contributed by atoms with van der Waals surface area (Å²) in [5.74, 6) is -1.69. The number of hydrogen-bond acceptors (Lipinski definition) is 3. The molecule has 2 aromatic carbocycles. The first-order chi connectivity index (χ1) is 8.60. The number of halogens is 1. The molecule has 0 saturated heterocycles. The Morgan fingerprint density at radius 3 is 2.50 bits per heavy atom. The zero-order valence-electron chi connectivity index (χ0n) is 9.57. The molecule has 5 heteroatoms. The molecule has 92 valence electrons. The molecule has 1 N–H and O–H groups in total. The molecule has 18 heavy (non-hydrogen) atoms. The van der Waals surface area contributed by atoms with Gasteiger partial charge in [0.1, 0.15) is 0 Å². The van der Waals surface area contributed by atoms with Crippen molar-refractivity contribution in [3.05, 3.63) is 40.9 Å². The third-order valence-corrected chi connectivity index (χ3v) is 2.92. The first-order valence-corrected chi connectivity index (χ1v) is 5.98. The Hall–Kier alpha value is -1.88. The fourth-order valence-corrected chi connectivity index (χ4v) is 1.95. The lowest BCUT2D eigenvalue weighted by atomic mass is 10.1. The van der Waals surface area contributed by atoms with E-state index in [-0.39, 0.29) is 0 Å². The van der Waals surface area contributed by atoms with Crippen molar-refractivity contribution in [2.75, 3.05) is 12.4 Å². The van der Waals surface area contributed by atoms with Gasteiger partial charge in [0.15, 0.2) is 0 Å². The Bertz CT molecular complexity index is 625. The number of amides is 1. The SMILES string of the molecule is COC(=O)C(=O)Nc1ccc2cc(Br)ccc2c1. The van der Waals surface area contributed by atoms with Crippen LogP contribution in [0.25, 0.3) is 10.8 Å². The number of esters is 1. The van der Waals surface area contributed by atoms with Crippen LogP contribution in [0.4, 0.5) is 5.69 Å². The van der Waals surface area contributed by atoms with Crippen molar-refractivity contribution < 1.29 is 14.3 Å². The van der Waals surface area contributed by atoms with Gasteiger partial charge in [-0.3, -0.25) is 4.79 Å². The maximum atomic E-state index is 11.3. The molecular formula is C13H10BrNO3. The van der Waals surface area contributed by atoms with Crippen LogP contribution in [-0.2, 0) is 14.3 Å². The molecular weight excluding hydrogens is 298 g/mol. The van der Waals surface area contributed by atoms with E-state index in [4.69, 9.17) is 0 Å². The van der Waals surface area contributed by atoms with Gasteiger partial charge >= 0.3 is 11.9 Å². The minimum atomic E-state index is -0.911. The van der Waals surface area contributed by atoms with Crippen molar-refractivity contribution >= 4 is 44.3 Å². The van der Waals surface area contributed by atoms with Crippen molar-refractivity contribution in [2.45, 2.75) is 0 Å². The molecule has 0 aliphatic heterocycles. The van der Waals surface area contributed by atoms with Crippen molar-refractivity contribution in [3.8, 4) is 0 Å². The average molecular weight is 308 g/mol. The summed E-state index contributed by atoms with van der Waals surface area (Å²) in [6.07, 6.45) is 0. The van der Waals surface area contributed by atoms with Crippen molar-refractivity contribution in [2.24, 2.45) is 0 Å². The minimum absolute atomic E-state index is 0.556. The summed E-state index contributed by atoms with van der Waals surface area (Å²) in [4.78, 5) is 22.3. The van der Waals surface area contributed by atoms with E-state index in [9.17, 15) is 9.59 Å². The van der Waals surface area contributed by atoms with Gasteiger partial charge in [0.05, 0.1) is 7.11 Å². The number of carbonyl (C=O) groups is 2. The summed E-state index contributed by atoms with van der Waals surface area (Å²) in [5, 5.41) is 4.49. The van der Waals surface area contributed by atoms with Crippen molar-refractivity contribution in [3.63, 3.8) is 0 Å². The molecule has 0 heterocycles. The Morgan fingerprint density at radius 1 is 1.11 bits per heavy atom. The van der Waals surface area contributed by atoms with Crippen molar-refractivity contribution in [1.82, 2.24) is 0 Å². The Balaban J connectivity index is 2.28. The van der Waals surface area contributed by atoms with Crippen LogP contribution >= 0.6 is 15.9 Å². The molecule has 0 saturated carbocycles. The number of methoxy groups -OCH3 is 1. The number of benzene rings is 2. The maximum Gasteiger partial charge on any atom is 0.396 e. The Labute approximate surface area is 112 Å². The number of anilines is 1. The molecule has 2 rings (SSSR count). The zero-order chi connectivity index (χ0) is 13.1. The van der Waals surface area contributed by atoms with Gasteiger partial charge < -0.3 is 10.1 Å². The van der Waals surface area contributed by atoms with Crippen LogP contribution in [0.5, 0.6) is 0 Å². The van der Waals surface area contributed by atoms with E-state index in [0.717, 1.165) is 15.2 Å². The third kappa shape index (κ3) is 2.68. The van der Waals surface area contributed by atoms with E-state index in [1.54, 1.807) is 12.1 Å². The molecule has 0 fully saturated rings. The second-order valence-corrected chi connectivity index (χ2v) is 4.57. The summed E-state index contributed by atoms with van der Waals surface area (Å²) < 4.78 is 5.32. The van der Waals surface area contributed by atoms with Gasteiger partial charge in [-0.05, 0) is 35.0 Å². The van der Waals surface area contributed by atoms with Gasteiger partial charge in [-0.2, -0.15) is 0 Å². The van der Waals surface area contributed by atoms with E-state index in [0.29, 0.717) is 5.69 Å². The highest BCUT2D eigenvalue weighted by Gasteiger charge is 2.13. The number of nitrogens with one attached hydrogen (secondary N) is 1. The van der Waals surface area contributed by atoms with Gasteiger partial charge in [0, 0.05) is 10.2 Å². The van der Waals surface area contributed by atoms with Crippen LogP contribution in [-0.4, -0.2) is 19.0 Å². The molecule has 0 atom stereocenters. The molecule has 4 nitrogen and oxygen atoms in total. The van der Waals surface area contributed by atoms with E-state index in [1.165, 1.54) is 7.11 Å². The molecule has 2 aromatic rings. The standard InChI is InChI=1S/C13H10BrNO3/c1-18-13(17)12(16)15-11-5-3-8-6-10(14)4-2-9(8)7-11/h2-7H,1H3,(H,15,16). The zero-order valence-corrected chi connectivity index (χ0v) is 11.2. The van der Waals surface area contributed by atoms with E-state index >= 15 is 0 Å². The summed E-state index contributed by atoms with van der Waals surface area (Å²) >= 11 is 3.39. The summed E-state index contributed by atoms with van der Waals surface area (Å²) in [7, 11) is 1.17. The number of fused-ring (bicyclic) bond motifs is 1. The minimum Gasteiger partial charge on any atom is -0.462 e. The number of carbonyl (C=O) groups excluding carboxylic acids is 2. The first kappa shape index (κ1) is 12.6. The highest BCUT2D eigenvalue weighted by Crippen LogP contribution is 2.22. The number of rotatable bonds is 1. The van der Waals surface area contributed by atoms with Crippen LogP contribution in [0, 0.1) is 0 Å². The van der Waals surface area contributed by atoms with E-state index in [2.05, 4.69) is 26.0 Å². The largest absolute Gasteiger partial charge is 0.462 e. The highest BCUT2D eigenvalue weighted by molar-refractivity contribution is 9.10. The van der Waals surface area contributed by atoms with Crippen LogP contribution < -0.4 is 5.32 Å². The predicted octanol–water partition coefficient (Wildman–Crippen LogP) is 2.71. The summed E-state index contributed by atoms with van der Waals surface area (Å²) in [5.41, 5.74) is 0.556. The fraction of sp³-hybridized carbons (Fsp3) is 0.0769. The van der Waals surface area contributed by atoms with Gasteiger partial charge in [0.2, 0.25) is 0 Å². The van der Waals surface area contributed by atoms with Crippen LogP contribution in [0.2, 0.25) is 0 Å². The molecule has 1 amide bonds. The molecule has 0 bridgehead atoms. The lowest BCUT2D eigenvalue weighted by Gasteiger charge is -2.05. The van der Waals surface area contributed by atoms with Crippen LogP contribution in [0.1, 0.15) is 0 Å². The van der Waals surface area contributed by atoms with E-state index in [1.807, 2.05) is 24.3 Å². The van der Waals surface area contributed by atoms with Crippen LogP contribution in [0.3, 0.4) is 0 Å². The second-order valence-electron chi connectivity index (χ2n) is 3.65. The molecule has 0 unspecified atom stereocenters. The lowest BCUT2D eigenvalue weighted by Crippen LogP contribution is -2.23. The molecule has 0 aliphatic rings. The quantitative estimate of drug-likeness (QED) is 0.651. The lowest BCUT2D eigenvalue weighted by molar-refractivity contribution is -0.150. The number of hydrogen-bond donors (Lipinski definition) is 1. The fourth-order valence-electron chi connectivity index (χ4n) is 1.57. The molecule has 0 radical (unpaired) electrons. The molecule has 0 spiro atoms. The average Bonchev–Trinajstić information content (AvgIpc) is 2.38. The van der Waals surface area contributed by atoms with Crippen LogP contribution in [0.15, 0.2) is 40.9 Å². The monoisotopic (exact) mass is 307 g/mol. The Morgan fingerprint density at radius 2 is 1.78 bits per heavy atom. The topological polar surface area (TPSA) is 55.4 Å². The van der Waals surface area contributed by atoms with E-state index < -0.39 is 11.9 Å². The third-order valence-electron chi connectivity index (χ3n) is 2.43. The van der Waals surface area contributed by atoms with Gasteiger partial charge in [0.25, 0.3) is 0 Å². The van der Waals surface area contributed by atoms with Gasteiger partial charge in [-0.1, -0.05) is 28.1 Å². The predicted molar refractivity (Wildman–Crippen MR) is 72.3 cm³/mol. The molecule has 0 aromatic heterocycles. The summed E-state index contributed by atoms with van der Waals surface area (Å²) in [6, 6.07) is 11.2. The van der Waals surface area contributed by atoms with Gasteiger partial charge in [-0.15, -0.1) is 0 Å². The maximum absolute atomic E-state index is 11.3. The molecule has 0 aliphatic carbocycles. The normalized spacial score (nSPS) is 10.1. The first-order valence-electron chi connectivity index (χ1n) is 5.19. The number of ether oxygens (including phenoxy) is 1. The smallest absolute Gasteiger partial charge is 0.396 e. The highest BCUT2D eigenvalue weighted by atomic mass is 79.9.